The van der Waals surface area contributed by atoms with Gasteiger partial charge in [-0.2, -0.15) is 0 Å². The van der Waals surface area contributed by atoms with Crippen LogP contribution in [0.15, 0.2) is 16.1 Å². The number of pyridine rings is 1. The summed E-state index contributed by atoms with van der Waals surface area (Å²) in [6.45, 7) is 0.935. The van der Waals surface area contributed by atoms with Crippen LogP contribution in [0.3, 0.4) is 0 Å². The zero-order chi connectivity index (χ0) is 21.8. The van der Waals surface area contributed by atoms with Crippen molar-refractivity contribution < 1.29 is 13.8 Å². The highest BCUT2D eigenvalue weighted by Crippen LogP contribution is 2.58. The average Bonchev–Trinajstić information content (AvgIpc) is 3.19. The van der Waals surface area contributed by atoms with E-state index in [1.165, 1.54) is 0 Å². The molecule has 1 aromatic rings. The Kier molecular flexibility index (Phi) is 4.63. The number of aryl methyl sites for hydroxylation is 1. The molecule has 1 saturated heterocycles. The van der Waals surface area contributed by atoms with E-state index < -0.39 is 26.9 Å². The molecule has 0 aromatic carbocycles. The second kappa shape index (κ2) is 7.13. The first-order valence-corrected chi connectivity index (χ1v) is 12.1. The molecule has 3 aliphatic carbocycles. The molecule has 3 amide bonds. The molecule has 2 heterocycles. The highest BCUT2D eigenvalue weighted by molar-refractivity contribution is 8.07. The first-order chi connectivity index (χ1) is 14.8. The molecule has 11 heteroatoms. The van der Waals surface area contributed by atoms with Crippen LogP contribution in [0.5, 0.6) is 0 Å². The standard InChI is InChI=1S/C20H25N7O3S/c21-15(10-14-18(28)24-9-8-23-14)31(22,30)27-19(29)26-16-11-2-1-3-13(11)25-17-12(16)4-5-20(17)6-7-20/h10,21,23H,1-9H2,(H,24,28)(H3,22,25,26,27,29,30)/b14-10-,21-15?. The van der Waals surface area contributed by atoms with E-state index >= 15 is 0 Å². The van der Waals surface area contributed by atoms with Gasteiger partial charge in [-0.15, -0.1) is 4.36 Å². The summed E-state index contributed by atoms with van der Waals surface area (Å²) in [4.78, 5) is 29.4. The van der Waals surface area contributed by atoms with Crippen LogP contribution in [0.2, 0.25) is 0 Å². The van der Waals surface area contributed by atoms with Crippen LogP contribution in [0, 0.1) is 5.41 Å². The van der Waals surface area contributed by atoms with Crippen molar-refractivity contribution in [2.45, 2.75) is 50.4 Å². The molecule has 31 heavy (non-hydrogen) atoms. The second-order valence-corrected chi connectivity index (χ2v) is 10.3. The molecule has 10 nitrogen and oxygen atoms in total. The van der Waals surface area contributed by atoms with Gasteiger partial charge in [0, 0.05) is 30.3 Å². The molecule has 1 unspecified atom stereocenters. The summed E-state index contributed by atoms with van der Waals surface area (Å²) in [7, 11) is -3.81. The number of nitrogens with two attached hydrogens (primary N) is 1. The summed E-state index contributed by atoms with van der Waals surface area (Å²) >= 11 is 0. The Morgan fingerprint density at radius 1 is 1.19 bits per heavy atom. The third kappa shape index (κ3) is 3.51. The molecule has 1 aliphatic heterocycles. The van der Waals surface area contributed by atoms with Crippen molar-refractivity contribution in [3.8, 4) is 0 Å². The molecule has 0 radical (unpaired) electrons. The quantitative estimate of drug-likeness (QED) is 0.261. The van der Waals surface area contributed by atoms with Crippen LogP contribution >= 0.6 is 0 Å². The smallest absolute Gasteiger partial charge is 0.354 e. The largest absolute Gasteiger partial charge is 0.379 e. The van der Waals surface area contributed by atoms with Crippen molar-refractivity contribution >= 4 is 32.6 Å². The number of piperazine rings is 1. The number of carbonyl (C=O) groups is 2. The molecule has 0 bridgehead atoms. The summed E-state index contributed by atoms with van der Waals surface area (Å²) in [5, 5.41) is 21.4. The number of urea groups is 1. The topological polar surface area (TPSA) is 162 Å². The molecule has 2 fully saturated rings. The van der Waals surface area contributed by atoms with Gasteiger partial charge in [0.05, 0.1) is 11.4 Å². The average molecular weight is 444 g/mol. The van der Waals surface area contributed by atoms with E-state index in [9.17, 15) is 13.8 Å². The lowest BCUT2D eigenvalue weighted by atomic mass is 10.0. The van der Waals surface area contributed by atoms with Gasteiger partial charge in [-0.05, 0) is 56.1 Å². The molecule has 1 atom stereocenters. The zero-order valence-corrected chi connectivity index (χ0v) is 17.9. The Bertz CT molecular complexity index is 1180. The maximum atomic E-state index is 12.8. The minimum atomic E-state index is -3.81. The number of carbonyl (C=O) groups excluding carboxylic acids is 2. The molecule has 1 aromatic heterocycles. The predicted octanol–water partition coefficient (Wildman–Crippen LogP) is 1.00. The molecule has 164 valence electrons. The number of anilines is 1. The van der Waals surface area contributed by atoms with Gasteiger partial charge in [0.2, 0.25) is 0 Å². The van der Waals surface area contributed by atoms with Crippen molar-refractivity contribution in [1.29, 1.82) is 5.41 Å². The van der Waals surface area contributed by atoms with E-state index in [1.54, 1.807) is 0 Å². The molecular weight excluding hydrogens is 418 g/mol. The maximum absolute atomic E-state index is 12.8. The maximum Gasteiger partial charge on any atom is 0.354 e. The number of nitrogens with zero attached hydrogens (tertiary/aromatic N) is 2. The van der Waals surface area contributed by atoms with Gasteiger partial charge >= 0.3 is 6.03 Å². The molecule has 1 saturated carbocycles. The van der Waals surface area contributed by atoms with E-state index in [0.717, 1.165) is 79.2 Å². The van der Waals surface area contributed by atoms with E-state index in [4.69, 9.17) is 15.5 Å². The van der Waals surface area contributed by atoms with Gasteiger partial charge in [0.15, 0.2) is 9.92 Å². The lowest BCUT2D eigenvalue weighted by Crippen LogP contribution is -2.43. The van der Waals surface area contributed by atoms with Gasteiger partial charge in [-0.3, -0.25) is 15.2 Å². The van der Waals surface area contributed by atoms with Crippen LogP contribution < -0.4 is 21.1 Å². The third-order valence-electron chi connectivity index (χ3n) is 6.55. The highest BCUT2D eigenvalue weighted by Gasteiger charge is 2.51. The van der Waals surface area contributed by atoms with Gasteiger partial charge < -0.3 is 16.0 Å². The van der Waals surface area contributed by atoms with Gasteiger partial charge in [0.25, 0.3) is 5.91 Å². The SMILES string of the molecule is N=C(/C=C1\NCCNC1=O)S(N)(=O)=NC(=O)Nc1c2c(nc3c1CCC31CC1)CCC2. The van der Waals surface area contributed by atoms with Crippen molar-refractivity contribution in [3.63, 3.8) is 0 Å². The van der Waals surface area contributed by atoms with Crippen LogP contribution in [-0.2, 0) is 39.4 Å². The molecule has 5 rings (SSSR count). The van der Waals surface area contributed by atoms with Crippen LogP contribution in [0.4, 0.5) is 10.5 Å². The molecular formula is C20H25N7O3S. The number of hydrogen-bond donors (Lipinski definition) is 5. The van der Waals surface area contributed by atoms with E-state index in [0.29, 0.717) is 13.1 Å². The minimum absolute atomic E-state index is 0.0736. The number of rotatable bonds is 2. The van der Waals surface area contributed by atoms with Crippen molar-refractivity contribution in [2.24, 2.45) is 9.50 Å². The van der Waals surface area contributed by atoms with Crippen LogP contribution in [-0.4, -0.2) is 39.3 Å². The fraction of sp³-hybridized carbons (Fsp3) is 0.500. The number of amides is 3. The number of fused-ring (bicyclic) bond motifs is 3. The normalized spacial score (nSPS) is 23.4. The fourth-order valence-corrected chi connectivity index (χ4v) is 5.44. The first-order valence-electron chi connectivity index (χ1n) is 10.5. The monoisotopic (exact) mass is 443 g/mol. The zero-order valence-electron chi connectivity index (χ0n) is 17.0. The number of hydrogen-bond acceptors (Lipinski definition) is 6. The fourth-order valence-electron chi connectivity index (χ4n) is 4.76. The Morgan fingerprint density at radius 2 is 1.97 bits per heavy atom. The van der Waals surface area contributed by atoms with E-state index in [2.05, 4.69) is 20.3 Å². The third-order valence-corrected chi connectivity index (χ3v) is 7.73. The first kappa shape index (κ1) is 20.1. The highest BCUT2D eigenvalue weighted by atomic mass is 32.2. The van der Waals surface area contributed by atoms with Crippen molar-refractivity contribution in [2.75, 3.05) is 18.4 Å². The van der Waals surface area contributed by atoms with E-state index in [1.807, 2.05) is 0 Å². The molecule has 6 N–H and O–H groups in total. The second-order valence-electron chi connectivity index (χ2n) is 8.57. The van der Waals surface area contributed by atoms with Crippen LogP contribution in [0.1, 0.15) is 48.2 Å². The summed E-state index contributed by atoms with van der Waals surface area (Å²) in [6.07, 6.45) is 7.93. The Balaban J connectivity index is 1.43. The van der Waals surface area contributed by atoms with Gasteiger partial charge in [-0.1, -0.05) is 0 Å². The molecule has 4 aliphatic rings. The molecule has 1 spiro atoms. The van der Waals surface area contributed by atoms with E-state index in [-0.39, 0.29) is 11.1 Å². The summed E-state index contributed by atoms with van der Waals surface area (Å²) < 4.78 is 16.4. The lowest BCUT2D eigenvalue weighted by molar-refractivity contribution is -0.118. The lowest BCUT2D eigenvalue weighted by Gasteiger charge is -2.17. The van der Waals surface area contributed by atoms with Gasteiger partial charge in [-0.25, -0.2) is 14.1 Å². The Labute approximate surface area is 180 Å². The van der Waals surface area contributed by atoms with Crippen molar-refractivity contribution in [1.82, 2.24) is 15.6 Å². The summed E-state index contributed by atoms with van der Waals surface area (Å²) in [6, 6.07) is -0.851. The predicted molar refractivity (Wildman–Crippen MR) is 116 cm³/mol. The Morgan fingerprint density at radius 3 is 2.71 bits per heavy atom. The van der Waals surface area contributed by atoms with Gasteiger partial charge in [0.1, 0.15) is 10.7 Å². The summed E-state index contributed by atoms with van der Waals surface area (Å²) in [5.74, 6) is -0.424. The van der Waals surface area contributed by atoms with Crippen LogP contribution in [0.25, 0.3) is 0 Å². The number of aromatic nitrogens is 1. The number of nitrogens with one attached hydrogen (secondary N) is 4. The summed E-state index contributed by atoms with van der Waals surface area (Å²) in [5.41, 5.74) is 5.21. The Hall–Kier alpha value is -2.79. The minimum Gasteiger partial charge on any atom is -0.379 e. The van der Waals surface area contributed by atoms with Crippen molar-refractivity contribution in [3.05, 3.63) is 34.3 Å².